The van der Waals surface area contributed by atoms with Gasteiger partial charge in [0.25, 0.3) is 0 Å². The van der Waals surface area contributed by atoms with Crippen molar-refractivity contribution in [2.75, 3.05) is 6.54 Å². The highest BCUT2D eigenvalue weighted by Crippen LogP contribution is 1.88. The summed E-state index contributed by atoms with van der Waals surface area (Å²) >= 11 is 0. The second-order valence-electron chi connectivity index (χ2n) is 1.87. The van der Waals surface area contributed by atoms with E-state index in [9.17, 15) is 0 Å². The molecule has 1 nitrogen and oxygen atoms in total. The van der Waals surface area contributed by atoms with E-state index < -0.39 is 0 Å². The highest BCUT2D eigenvalue weighted by Gasteiger charge is 1.79. The van der Waals surface area contributed by atoms with Crippen LogP contribution in [0.2, 0.25) is 6.04 Å². The van der Waals surface area contributed by atoms with Crippen molar-refractivity contribution in [2.24, 2.45) is 0 Å². The van der Waals surface area contributed by atoms with Crippen molar-refractivity contribution in [2.45, 2.75) is 18.9 Å². The number of rotatable bonds is 5. The molecule has 2 heteroatoms. The number of unbranched alkanes of at least 4 members (excludes halogenated alkanes) is 1. The zero-order valence-electron chi connectivity index (χ0n) is 5.61. The quantitative estimate of drug-likeness (QED) is 0.415. The van der Waals surface area contributed by atoms with Gasteiger partial charge in [-0.3, -0.25) is 0 Å². The van der Waals surface area contributed by atoms with Gasteiger partial charge in [0.05, 0.1) is 0 Å². The van der Waals surface area contributed by atoms with Gasteiger partial charge in [-0.1, -0.05) is 19.0 Å². The van der Waals surface area contributed by atoms with E-state index >= 15 is 0 Å². The highest BCUT2D eigenvalue weighted by molar-refractivity contribution is 6.08. The molecule has 0 rings (SSSR count). The van der Waals surface area contributed by atoms with Crippen molar-refractivity contribution in [1.82, 2.24) is 5.32 Å². The van der Waals surface area contributed by atoms with E-state index in [-0.39, 0.29) is 0 Å². The van der Waals surface area contributed by atoms with Crippen LogP contribution < -0.4 is 5.32 Å². The molecule has 0 heterocycles. The molecule has 0 saturated carbocycles. The second-order valence-corrected chi connectivity index (χ2v) is 2.87. The van der Waals surface area contributed by atoms with Gasteiger partial charge in [-0.25, -0.2) is 0 Å². The third-order valence-corrected chi connectivity index (χ3v) is 1.78. The van der Waals surface area contributed by atoms with Gasteiger partial charge in [0.15, 0.2) is 0 Å². The minimum atomic E-state index is 1.10. The van der Waals surface area contributed by atoms with Crippen molar-refractivity contribution in [3.05, 3.63) is 12.8 Å². The maximum atomic E-state index is 3.56. The number of hydrogen-bond acceptors (Lipinski definition) is 1. The van der Waals surface area contributed by atoms with Crippen molar-refractivity contribution in [1.29, 1.82) is 0 Å². The van der Waals surface area contributed by atoms with Crippen LogP contribution in [0.4, 0.5) is 0 Å². The minimum absolute atomic E-state index is 1.10. The molecule has 0 bridgehead atoms. The van der Waals surface area contributed by atoms with Crippen LogP contribution in [0.3, 0.4) is 0 Å². The molecule has 1 N–H and O–H groups in total. The van der Waals surface area contributed by atoms with Gasteiger partial charge in [-0.05, 0) is 12.6 Å². The average molecular weight is 129 g/mol. The fourth-order valence-electron chi connectivity index (χ4n) is 0.579. The van der Waals surface area contributed by atoms with Gasteiger partial charge < -0.3 is 5.32 Å². The van der Waals surface area contributed by atoms with Crippen molar-refractivity contribution < 1.29 is 0 Å². The fraction of sp³-hybridized carbons (Fsp3) is 0.667. The topological polar surface area (TPSA) is 12.0 Å². The first-order chi connectivity index (χ1) is 3.91. The van der Waals surface area contributed by atoms with E-state index in [1.165, 1.54) is 29.1 Å². The third-order valence-electron chi connectivity index (χ3n) is 1.07. The maximum absolute atomic E-state index is 3.56. The Morgan fingerprint density at radius 2 is 2.25 bits per heavy atom. The lowest BCUT2D eigenvalue weighted by molar-refractivity contribution is 0.735. The van der Waals surface area contributed by atoms with Crippen LogP contribution in [0, 0.1) is 0 Å². The van der Waals surface area contributed by atoms with Crippen molar-refractivity contribution in [3.63, 3.8) is 0 Å². The molecule has 0 aliphatic heterocycles. The Hall–Kier alpha value is -0.243. The Kier molecular flexibility index (Phi) is 6.55. The Balaban J connectivity index is 2.62. The number of hydrogen-bond donors (Lipinski definition) is 1. The molecule has 0 aromatic carbocycles. The molecule has 0 amide bonds. The molecule has 0 atom stereocenters. The summed E-state index contributed by atoms with van der Waals surface area (Å²) in [7, 11) is 1.35. The molecule has 0 unspecified atom stereocenters. The fourth-order valence-corrected chi connectivity index (χ4v) is 1.08. The summed E-state index contributed by atoms with van der Waals surface area (Å²) in [5.74, 6) is 0. The van der Waals surface area contributed by atoms with Gasteiger partial charge >= 0.3 is 0 Å². The van der Waals surface area contributed by atoms with Gasteiger partial charge in [0.1, 0.15) is 0 Å². The van der Waals surface area contributed by atoms with Crippen LogP contribution in [0.1, 0.15) is 12.8 Å². The zero-order valence-corrected chi connectivity index (χ0v) is 7.61. The molecule has 48 valence electrons. The summed E-state index contributed by atoms with van der Waals surface area (Å²) in [6.07, 6.45) is 4.44. The standard InChI is InChI=1S/C6H15NSi/c1-2-7-5-3-4-6-8/h2,7H,1,3-6H2,8H3. The molecule has 0 radical (unpaired) electrons. The molecular weight excluding hydrogens is 114 g/mol. The Bertz CT molecular complexity index is 54.5. The van der Waals surface area contributed by atoms with E-state index in [2.05, 4.69) is 11.9 Å². The van der Waals surface area contributed by atoms with Crippen molar-refractivity contribution >= 4 is 10.2 Å². The Morgan fingerprint density at radius 1 is 1.50 bits per heavy atom. The van der Waals surface area contributed by atoms with Crippen molar-refractivity contribution in [3.8, 4) is 0 Å². The molecule has 0 aromatic heterocycles. The lowest BCUT2D eigenvalue weighted by Gasteiger charge is -1.95. The predicted molar refractivity (Wildman–Crippen MR) is 42.2 cm³/mol. The van der Waals surface area contributed by atoms with Gasteiger partial charge in [0.2, 0.25) is 0 Å². The molecular formula is C6H15NSi. The smallest absolute Gasteiger partial charge is 0.0141 e. The van der Waals surface area contributed by atoms with Crippen LogP contribution in [0.5, 0.6) is 0 Å². The summed E-state index contributed by atoms with van der Waals surface area (Å²) in [6.45, 7) is 4.66. The van der Waals surface area contributed by atoms with E-state index in [4.69, 9.17) is 0 Å². The molecule has 0 saturated heterocycles. The summed E-state index contributed by atoms with van der Waals surface area (Å²) in [5.41, 5.74) is 0. The van der Waals surface area contributed by atoms with E-state index in [1.54, 1.807) is 6.20 Å². The Labute approximate surface area is 54.6 Å². The molecule has 0 fully saturated rings. The van der Waals surface area contributed by atoms with Crippen LogP contribution in [-0.2, 0) is 0 Å². The van der Waals surface area contributed by atoms with Crippen LogP contribution in [0.15, 0.2) is 12.8 Å². The first-order valence-corrected chi connectivity index (χ1v) is 4.67. The van der Waals surface area contributed by atoms with E-state index in [1.807, 2.05) is 0 Å². The first kappa shape index (κ1) is 7.76. The number of nitrogens with one attached hydrogen (secondary N) is 1. The second kappa shape index (κ2) is 6.76. The molecule has 0 aliphatic rings. The van der Waals surface area contributed by atoms with Crippen LogP contribution in [0.25, 0.3) is 0 Å². The monoisotopic (exact) mass is 129 g/mol. The highest BCUT2D eigenvalue weighted by atomic mass is 28.1. The van der Waals surface area contributed by atoms with E-state index in [0.29, 0.717) is 0 Å². The largest absolute Gasteiger partial charge is 0.391 e. The summed E-state index contributed by atoms with van der Waals surface area (Å²) in [4.78, 5) is 0. The summed E-state index contributed by atoms with van der Waals surface area (Å²) in [5, 5.41) is 3.06. The van der Waals surface area contributed by atoms with Gasteiger partial charge in [-0.2, -0.15) is 0 Å². The zero-order chi connectivity index (χ0) is 6.24. The minimum Gasteiger partial charge on any atom is -0.391 e. The summed E-state index contributed by atoms with van der Waals surface area (Å²) < 4.78 is 0. The van der Waals surface area contributed by atoms with Crippen LogP contribution in [-0.4, -0.2) is 16.8 Å². The lowest BCUT2D eigenvalue weighted by atomic mass is 10.3. The predicted octanol–water partition coefficient (Wildman–Crippen LogP) is 0.283. The SMILES string of the molecule is C=CNCCCC[SiH3]. The van der Waals surface area contributed by atoms with Gasteiger partial charge in [0, 0.05) is 16.8 Å². The normalized spacial score (nSPS) is 9.00. The molecule has 0 aliphatic carbocycles. The first-order valence-electron chi connectivity index (χ1n) is 3.26. The third kappa shape index (κ3) is 5.76. The van der Waals surface area contributed by atoms with E-state index in [0.717, 1.165) is 6.54 Å². The molecule has 0 aromatic rings. The molecule has 8 heavy (non-hydrogen) atoms. The average Bonchev–Trinajstić information content (AvgIpc) is 1.81. The van der Waals surface area contributed by atoms with Gasteiger partial charge in [-0.15, -0.1) is 0 Å². The summed E-state index contributed by atoms with van der Waals surface area (Å²) in [6, 6.07) is 1.43. The lowest BCUT2D eigenvalue weighted by Crippen LogP contribution is -2.05. The molecule has 0 spiro atoms. The Morgan fingerprint density at radius 3 is 2.75 bits per heavy atom. The van der Waals surface area contributed by atoms with Crippen LogP contribution >= 0.6 is 0 Å². The maximum Gasteiger partial charge on any atom is 0.0141 e.